The minimum absolute atomic E-state index is 0.999. The van der Waals surface area contributed by atoms with Crippen LogP contribution in [0.5, 0.6) is 0 Å². The van der Waals surface area contributed by atoms with E-state index in [4.69, 9.17) is 0 Å². The predicted molar refractivity (Wildman–Crippen MR) is 93.7 cm³/mol. The van der Waals surface area contributed by atoms with Gasteiger partial charge in [-0.25, -0.2) is 0 Å². The van der Waals surface area contributed by atoms with Crippen molar-refractivity contribution in [2.75, 3.05) is 0 Å². The Labute approximate surface area is 131 Å². The summed E-state index contributed by atoms with van der Waals surface area (Å²) in [6.07, 6.45) is 0. The van der Waals surface area contributed by atoms with Gasteiger partial charge >= 0.3 is 0 Å². The number of thiophene rings is 3. The van der Waals surface area contributed by atoms with Crippen LogP contribution in [0.25, 0.3) is 0 Å². The molecule has 0 atom stereocenters. The Balaban J connectivity index is 2.25. The van der Waals surface area contributed by atoms with Crippen molar-refractivity contribution < 1.29 is 4.57 Å². The van der Waals surface area contributed by atoms with Crippen molar-refractivity contribution >= 4 is 55.0 Å². The van der Waals surface area contributed by atoms with E-state index in [0.717, 1.165) is 13.9 Å². The Hall–Kier alpha value is -0.670. The van der Waals surface area contributed by atoms with Crippen molar-refractivity contribution in [1.29, 1.82) is 0 Å². The number of aryl methyl sites for hydroxylation is 3. The lowest BCUT2D eigenvalue weighted by molar-refractivity contribution is 0.593. The number of hydrogen-bond donors (Lipinski definition) is 0. The highest BCUT2D eigenvalue weighted by molar-refractivity contribution is 7.95. The Bertz CT molecular complexity index is 688. The highest BCUT2D eigenvalue weighted by Crippen LogP contribution is 2.47. The molecule has 0 aliphatic heterocycles. The number of rotatable bonds is 3. The molecule has 3 rings (SSSR count). The molecule has 0 saturated heterocycles. The van der Waals surface area contributed by atoms with E-state index in [0.29, 0.717) is 0 Å². The molecule has 0 amide bonds. The molecule has 20 heavy (non-hydrogen) atoms. The van der Waals surface area contributed by atoms with Crippen LogP contribution in [0.4, 0.5) is 0 Å². The minimum Gasteiger partial charge on any atom is -0.306 e. The van der Waals surface area contributed by atoms with E-state index in [1.165, 1.54) is 14.6 Å². The van der Waals surface area contributed by atoms with Crippen LogP contribution >= 0.6 is 41.2 Å². The Kier molecular flexibility index (Phi) is 3.76. The maximum absolute atomic E-state index is 13.9. The number of hydrogen-bond acceptors (Lipinski definition) is 4. The first kappa shape index (κ1) is 14.3. The fourth-order valence-corrected chi connectivity index (χ4v) is 10.5. The second-order valence-electron chi connectivity index (χ2n) is 4.76. The summed E-state index contributed by atoms with van der Waals surface area (Å²) >= 11 is 4.96. The molecule has 0 saturated carbocycles. The zero-order chi connectivity index (χ0) is 14.3. The van der Waals surface area contributed by atoms with E-state index in [2.05, 4.69) is 39.0 Å². The fourth-order valence-electron chi connectivity index (χ4n) is 2.10. The summed E-state index contributed by atoms with van der Waals surface area (Å²) in [7, 11) is -2.66. The van der Waals surface area contributed by atoms with E-state index >= 15 is 0 Å². The maximum atomic E-state index is 13.9. The van der Waals surface area contributed by atoms with Gasteiger partial charge in [-0.05, 0) is 57.2 Å². The summed E-state index contributed by atoms with van der Waals surface area (Å²) in [4.78, 5) is 3.63. The van der Waals surface area contributed by atoms with Crippen molar-refractivity contribution in [3.8, 4) is 0 Å². The molecular formula is C15H15OPS3. The van der Waals surface area contributed by atoms with Gasteiger partial charge in [0.2, 0.25) is 0 Å². The third-order valence-corrected chi connectivity index (χ3v) is 11.0. The highest BCUT2D eigenvalue weighted by atomic mass is 32.1. The first-order valence-electron chi connectivity index (χ1n) is 6.31. The summed E-state index contributed by atoms with van der Waals surface area (Å²) in [6.45, 7) is 6.20. The Morgan fingerprint density at radius 2 is 0.950 bits per heavy atom. The van der Waals surface area contributed by atoms with Crippen molar-refractivity contribution in [1.82, 2.24) is 0 Å². The molecule has 0 fully saturated rings. The van der Waals surface area contributed by atoms with Gasteiger partial charge in [-0.3, -0.25) is 0 Å². The molecule has 0 bridgehead atoms. The zero-order valence-corrected chi connectivity index (χ0v) is 14.9. The van der Waals surface area contributed by atoms with Crippen LogP contribution in [0, 0.1) is 20.8 Å². The highest BCUT2D eigenvalue weighted by Gasteiger charge is 2.33. The molecule has 0 spiro atoms. The van der Waals surface area contributed by atoms with E-state index < -0.39 is 7.14 Å². The third kappa shape index (κ3) is 2.35. The van der Waals surface area contributed by atoms with Gasteiger partial charge in [0.25, 0.3) is 0 Å². The molecule has 5 heteroatoms. The summed E-state index contributed by atoms with van der Waals surface area (Å²) < 4.78 is 16.9. The molecule has 3 aromatic heterocycles. The van der Waals surface area contributed by atoms with Crippen LogP contribution in [-0.2, 0) is 4.57 Å². The summed E-state index contributed by atoms with van der Waals surface area (Å²) in [5.41, 5.74) is 0. The van der Waals surface area contributed by atoms with Crippen LogP contribution in [0.2, 0.25) is 0 Å². The first-order valence-corrected chi connectivity index (χ1v) is 10.5. The van der Waals surface area contributed by atoms with Crippen LogP contribution in [-0.4, -0.2) is 0 Å². The maximum Gasteiger partial charge on any atom is 0.199 e. The largest absolute Gasteiger partial charge is 0.306 e. The lowest BCUT2D eigenvalue weighted by atomic mass is 10.5. The smallest absolute Gasteiger partial charge is 0.199 e. The zero-order valence-electron chi connectivity index (χ0n) is 11.5. The van der Waals surface area contributed by atoms with Crippen LogP contribution < -0.4 is 13.9 Å². The van der Waals surface area contributed by atoms with Gasteiger partial charge in [-0.2, -0.15) is 0 Å². The summed E-state index contributed by atoms with van der Waals surface area (Å²) in [5.74, 6) is 0. The SMILES string of the molecule is Cc1ccc(P(=O)(c2ccc(C)s2)c2ccc(C)s2)s1. The quantitative estimate of drug-likeness (QED) is 0.646. The van der Waals surface area contributed by atoms with Crippen molar-refractivity contribution in [3.63, 3.8) is 0 Å². The molecule has 3 heterocycles. The lowest BCUT2D eigenvalue weighted by Crippen LogP contribution is -2.18. The van der Waals surface area contributed by atoms with E-state index in [1.54, 1.807) is 34.0 Å². The molecule has 0 N–H and O–H groups in total. The molecule has 0 radical (unpaired) electrons. The molecule has 3 aromatic rings. The molecular weight excluding hydrogens is 323 g/mol. The Morgan fingerprint density at radius 1 is 0.650 bits per heavy atom. The van der Waals surface area contributed by atoms with Gasteiger partial charge in [-0.1, -0.05) is 0 Å². The molecule has 1 nitrogen and oxygen atoms in total. The van der Waals surface area contributed by atoms with Gasteiger partial charge in [0.1, 0.15) is 0 Å². The monoisotopic (exact) mass is 338 g/mol. The third-order valence-electron chi connectivity index (χ3n) is 3.11. The van der Waals surface area contributed by atoms with Crippen molar-refractivity contribution in [2.45, 2.75) is 20.8 Å². The second-order valence-corrected chi connectivity index (χ2v) is 12.2. The van der Waals surface area contributed by atoms with Crippen LogP contribution in [0.1, 0.15) is 14.6 Å². The normalized spacial score (nSPS) is 11.9. The average molecular weight is 338 g/mol. The topological polar surface area (TPSA) is 17.1 Å². The predicted octanol–water partition coefficient (Wildman–Crippen LogP) is 4.44. The molecule has 104 valence electrons. The molecule has 0 unspecified atom stereocenters. The van der Waals surface area contributed by atoms with Crippen LogP contribution in [0.3, 0.4) is 0 Å². The average Bonchev–Trinajstić information content (AvgIpc) is 3.10. The van der Waals surface area contributed by atoms with Gasteiger partial charge in [-0.15, -0.1) is 34.0 Å². The van der Waals surface area contributed by atoms with E-state index in [-0.39, 0.29) is 0 Å². The fraction of sp³-hybridized carbons (Fsp3) is 0.200. The first-order chi connectivity index (χ1) is 9.50. The van der Waals surface area contributed by atoms with Crippen molar-refractivity contribution in [2.24, 2.45) is 0 Å². The molecule has 0 aliphatic rings. The van der Waals surface area contributed by atoms with E-state index in [9.17, 15) is 4.57 Å². The van der Waals surface area contributed by atoms with Gasteiger partial charge < -0.3 is 4.57 Å². The minimum atomic E-state index is -2.66. The van der Waals surface area contributed by atoms with Crippen LogP contribution in [0.15, 0.2) is 36.4 Å². The molecule has 0 aliphatic carbocycles. The van der Waals surface area contributed by atoms with Gasteiger partial charge in [0.15, 0.2) is 7.14 Å². The summed E-state index contributed by atoms with van der Waals surface area (Å²) in [5, 5.41) is 0. The molecule has 0 aromatic carbocycles. The Morgan fingerprint density at radius 3 is 1.15 bits per heavy atom. The lowest BCUT2D eigenvalue weighted by Gasteiger charge is -2.13. The van der Waals surface area contributed by atoms with Gasteiger partial charge in [0, 0.05) is 14.6 Å². The van der Waals surface area contributed by atoms with Crippen molar-refractivity contribution in [3.05, 3.63) is 51.0 Å². The van der Waals surface area contributed by atoms with Gasteiger partial charge in [0.05, 0.1) is 13.9 Å². The second kappa shape index (κ2) is 5.27. The standard InChI is InChI=1S/C15H15OPS3/c1-10-4-7-13(18-10)17(16,14-8-5-11(2)19-14)15-9-6-12(3)20-15/h4-9H,1-3H3. The van der Waals surface area contributed by atoms with E-state index in [1.807, 2.05) is 18.2 Å². The summed E-state index contributed by atoms with van der Waals surface area (Å²) in [6, 6.07) is 12.3.